The molecular formula is C10H9ClN2O2S. The maximum atomic E-state index is 10.9. The molecule has 84 valence electrons. The van der Waals surface area contributed by atoms with Crippen molar-refractivity contribution >= 4 is 35.4 Å². The van der Waals surface area contributed by atoms with Gasteiger partial charge in [-0.1, -0.05) is 18.2 Å². The molecular weight excluding hydrogens is 248 g/mol. The van der Waals surface area contributed by atoms with Crippen molar-refractivity contribution < 1.29 is 9.90 Å². The number of anilines is 1. The topological polar surface area (TPSA) is 76.2 Å². The normalized spacial score (nSPS) is 9.50. The number of halogens is 1. The maximum absolute atomic E-state index is 10.9. The molecule has 0 radical (unpaired) electrons. The van der Waals surface area contributed by atoms with Gasteiger partial charge in [0.25, 0.3) is 0 Å². The third-order valence-electron chi connectivity index (χ3n) is 1.98. The van der Waals surface area contributed by atoms with E-state index in [1.807, 2.05) is 0 Å². The fraction of sp³-hybridized carbons (Fsp3) is 0. The van der Waals surface area contributed by atoms with E-state index >= 15 is 0 Å². The number of aromatic nitrogens is 1. The van der Waals surface area contributed by atoms with Crippen LogP contribution in [0.5, 0.6) is 0 Å². The van der Waals surface area contributed by atoms with Gasteiger partial charge in [0.15, 0.2) is 0 Å². The van der Waals surface area contributed by atoms with E-state index in [0.717, 1.165) is 11.3 Å². The van der Waals surface area contributed by atoms with Crippen LogP contribution in [0.2, 0.25) is 0 Å². The number of nitrogens with zero attached hydrogens (tertiary/aromatic N) is 1. The molecule has 0 aliphatic carbocycles. The van der Waals surface area contributed by atoms with E-state index in [1.165, 1.54) is 5.51 Å². The highest BCUT2D eigenvalue weighted by Gasteiger charge is 2.16. The second-order valence-corrected chi connectivity index (χ2v) is 3.78. The summed E-state index contributed by atoms with van der Waals surface area (Å²) < 4.78 is 0. The summed E-state index contributed by atoms with van der Waals surface area (Å²) in [5.74, 6) is -0.976. The number of nitrogens with two attached hydrogens (primary N) is 1. The number of carbonyl (C=O) groups is 1. The number of benzene rings is 1. The standard InChI is InChI=1S/C10H8N2O2S.ClH/c11-7-4-2-1-3-6(7)8-9(10(13)14)15-5-12-8;/h1-5H,11H2,(H,13,14);1H. The second-order valence-electron chi connectivity index (χ2n) is 2.92. The number of hydrogen-bond acceptors (Lipinski definition) is 4. The Bertz CT molecular complexity index is 513. The summed E-state index contributed by atoms with van der Waals surface area (Å²) >= 11 is 1.09. The third-order valence-corrected chi connectivity index (χ3v) is 2.79. The van der Waals surface area contributed by atoms with Gasteiger partial charge >= 0.3 is 5.97 Å². The molecule has 2 rings (SSSR count). The van der Waals surface area contributed by atoms with Crippen LogP contribution in [0.1, 0.15) is 9.67 Å². The fourth-order valence-corrected chi connectivity index (χ4v) is 1.94. The van der Waals surface area contributed by atoms with Gasteiger partial charge < -0.3 is 10.8 Å². The molecule has 0 atom stereocenters. The molecule has 0 fully saturated rings. The van der Waals surface area contributed by atoms with E-state index < -0.39 is 5.97 Å². The molecule has 0 unspecified atom stereocenters. The van der Waals surface area contributed by atoms with E-state index in [1.54, 1.807) is 24.3 Å². The summed E-state index contributed by atoms with van der Waals surface area (Å²) in [6.07, 6.45) is 0. The zero-order chi connectivity index (χ0) is 10.8. The van der Waals surface area contributed by atoms with Crippen LogP contribution in [0.4, 0.5) is 5.69 Å². The molecule has 1 heterocycles. The zero-order valence-corrected chi connectivity index (χ0v) is 9.72. The van der Waals surface area contributed by atoms with Gasteiger partial charge in [0.05, 0.1) is 11.2 Å². The first-order valence-corrected chi connectivity index (χ1v) is 5.10. The molecule has 3 N–H and O–H groups in total. The number of hydrogen-bond donors (Lipinski definition) is 2. The van der Waals surface area contributed by atoms with Crippen molar-refractivity contribution in [2.45, 2.75) is 0 Å². The predicted octanol–water partition coefficient (Wildman–Crippen LogP) is 2.51. The average molecular weight is 257 g/mol. The number of aromatic carboxylic acids is 1. The van der Waals surface area contributed by atoms with Gasteiger partial charge in [-0.15, -0.1) is 23.7 Å². The van der Waals surface area contributed by atoms with Crippen molar-refractivity contribution in [2.24, 2.45) is 0 Å². The van der Waals surface area contributed by atoms with Gasteiger partial charge in [-0.25, -0.2) is 9.78 Å². The number of carboxylic acids is 1. The number of carboxylic acid groups (broad SMARTS) is 1. The second kappa shape index (κ2) is 4.96. The van der Waals surface area contributed by atoms with Crippen LogP contribution in [0.15, 0.2) is 29.8 Å². The highest BCUT2D eigenvalue weighted by atomic mass is 35.5. The summed E-state index contributed by atoms with van der Waals surface area (Å²) in [6, 6.07) is 7.08. The summed E-state index contributed by atoms with van der Waals surface area (Å²) in [4.78, 5) is 15.1. The summed E-state index contributed by atoms with van der Waals surface area (Å²) in [5, 5.41) is 8.94. The smallest absolute Gasteiger partial charge is 0.348 e. The van der Waals surface area contributed by atoms with Crippen molar-refractivity contribution in [2.75, 3.05) is 5.73 Å². The molecule has 2 aromatic rings. The molecule has 0 saturated heterocycles. The Kier molecular flexibility index (Phi) is 3.87. The number of thiazole rings is 1. The van der Waals surface area contributed by atoms with E-state index in [-0.39, 0.29) is 17.3 Å². The van der Waals surface area contributed by atoms with Crippen molar-refractivity contribution in [3.05, 3.63) is 34.7 Å². The van der Waals surface area contributed by atoms with Crippen LogP contribution in [0.25, 0.3) is 11.3 Å². The largest absolute Gasteiger partial charge is 0.477 e. The molecule has 4 nitrogen and oxygen atoms in total. The molecule has 0 spiro atoms. The van der Waals surface area contributed by atoms with Gasteiger partial charge in [0.2, 0.25) is 0 Å². The van der Waals surface area contributed by atoms with Crippen molar-refractivity contribution in [1.82, 2.24) is 4.98 Å². The van der Waals surface area contributed by atoms with Gasteiger partial charge in [-0.05, 0) is 6.07 Å². The molecule has 0 bridgehead atoms. The number of para-hydroxylation sites is 1. The van der Waals surface area contributed by atoms with Crippen LogP contribution in [-0.2, 0) is 0 Å². The monoisotopic (exact) mass is 256 g/mol. The minimum absolute atomic E-state index is 0. The summed E-state index contributed by atoms with van der Waals surface area (Å²) in [5.41, 5.74) is 8.89. The molecule has 0 aliphatic rings. The zero-order valence-electron chi connectivity index (χ0n) is 8.08. The highest BCUT2D eigenvalue weighted by molar-refractivity contribution is 7.12. The van der Waals surface area contributed by atoms with Crippen LogP contribution in [0, 0.1) is 0 Å². The Morgan fingerprint density at radius 1 is 1.38 bits per heavy atom. The molecule has 0 aliphatic heterocycles. The molecule has 1 aromatic carbocycles. The minimum atomic E-state index is -0.976. The molecule has 0 saturated carbocycles. The quantitative estimate of drug-likeness (QED) is 0.810. The maximum Gasteiger partial charge on any atom is 0.348 e. The Balaban J connectivity index is 0.00000128. The highest BCUT2D eigenvalue weighted by Crippen LogP contribution is 2.29. The number of nitrogen functional groups attached to an aromatic ring is 1. The van der Waals surface area contributed by atoms with E-state index in [4.69, 9.17) is 10.8 Å². The van der Waals surface area contributed by atoms with E-state index in [9.17, 15) is 4.79 Å². The van der Waals surface area contributed by atoms with Crippen molar-refractivity contribution in [1.29, 1.82) is 0 Å². The van der Waals surface area contributed by atoms with E-state index in [0.29, 0.717) is 16.9 Å². The molecule has 6 heteroatoms. The van der Waals surface area contributed by atoms with E-state index in [2.05, 4.69) is 4.98 Å². The first kappa shape index (κ1) is 12.5. The Morgan fingerprint density at radius 2 is 2.06 bits per heavy atom. The predicted molar refractivity (Wildman–Crippen MR) is 66.2 cm³/mol. The first-order chi connectivity index (χ1) is 7.20. The lowest BCUT2D eigenvalue weighted by atomic mass is 10.1. The SMILES string of the molecule is Cl.Nc1ccccc1-c1ncsc1C(=O)O. The van der Waals surface area contributed by atoms with Crippen LogP contribution < -0.4 is 5.73 Å². The summed E-state index contributed by atoms with van der Waals surface area (Å²) in [7, 11) is 0. The molecule has 1 aromatic heterocycles. The lowest BCUT2D eigenvalue weighted by Gasteiger charge is -2.02. The van der Waals surface area contributed by atoms with Crippen molar-refractivity contribution in [3.8, 4) is 11.3 Å². The Labute approximate surface area is 102 Å². The fourth-order valence-electron chi connectivity index (χ4n) is 1.30. The van der Waals surface area contributed by atoms with Crippen LogP contribution >= 0.6 is 23.7 Å². The average Bonchev–Trinajstić information content (AvgIpc) is 2.67. The molecule has 16 heavy (non-hydrogen) atoms. The van der Waals surface area contributed by atoms with Gasteiger partial charge in [0, 0.05) is 11.3 Å². The minimum Gasteiger partial charge on any atom is -0.477 e. The first-order valence-electron chi connectivity index (χ1n) is 4.22. The molecule has 0 amide bonds. The Hall–Kier alpha value is -1.59. The van der Waals surface area contributed by atoms with Crippen LogP contribution in [-0.4, -0.2) is 16.1 Å². The van der Waals surface area contributed by atoms with Crippen LogP contribution in [0.3, 0.4) is 0 Å². The van der Waals surface area contributed by atoms with Gasteiger partial charge in [-0.3, -0.25) is 0 Å². The van der Waals surface area contributed by atoms with Crippen molar-refractivity contribution in [3.63, 3.8) is 0 Å². The third kappa shape index (κ3) is 2.15. The Morgan fingerprint density at radius 3 is 2.69 bits per heavy atom. The lowest BCUT2D eigenvalue weighted by Crippen LogP contribution is -1.97. The lowest BCUT2D eigenvalue weighted by molar-refractivity contribution is 0.0703. The van der Waals surface area contributed by atoms with Gasteiger partial charge in [-0.2, -0.15) is 0 Å². The summed E-state index contributed by atoms with van der Waals surface area (Å²) in [6.45, 7) is 0. The number of rotatable bonds is 2. The van der Waals surface area contributed by atoms with Gasteiger partial charge in [0.1, 0.15) is 4.88 Å².